The highest BCUT2D eigenvalue weighted by molar-refractivity contribution is 5.89. The van der Waals surface area contributed by atoms with E-state index in [1.54, 1.807) is 6.92 Å². The first-order chi connectivity index (χ1) is 8.30. The van der Waals surface area contributed by atoms with Gasteiger partial charge in [-0.3, -0.25) is 9.59 Å². The number of hydrogen-bond acceptors (Lipinski definition) is 3. The molecule has 0 aliphatic carbocycles. The lowest BCUT2D eigenvalue weighted by atomic mass is 9.95. The predicted octanol–water partition coefficient (Wildman–Crippen LogP) is 0.832. The number of ether oxygens (including phenoxy) is 1. The summed E-state index contributed by atoms with van der Waals surface area (Å²) in [5, 5.41) is 5.51. The number of hydrogen-bond donors (Lipinski definition) is 2. The largest absolute Gasteiger partial charge is 0.376 e. The fourth-order valence-corrected chi connectivity index (χ4v) is 1.65. The smallest absolute Gasteiger partial charge is 0.242 e. The lowest BCUT2D eigenvalue weighted by Crippen LogP contribution is -2.49. The average Bonchev–Trinajstić information content (AvgIpc) is 2.77. The van der Waals surface area contributed by atoms with Gasteiger partial charge in [0.25, 0.3) is 0 Å². The van der Waals surface area contributed by atoms with Gasteiger partial charge in [0.1, 0.15) is 6.04 Å². The molecule has 2 amide bonds. The highest BCUT2D eigenvalue weighted by atomic mass is 16.5. The Balaban J connectivity index is 2.30. The Hall–Kier alpha value is -1.10. The van der Waals surface area contributed by atoms with Crippen molar-refractivity contribution in [2.24, 2.45) is 5.41 Å². The molecule has 0 saturated carbocycles. The molecule has 1 heterocycles. The van der Waals surface area contributed by atoms with Gasteiger partial charge < -0.3 is 15.4 Å². The Bertz CT molecular complexity index is 304. The molecule has 0 aromatic heterocycles. The highest BCUT2D eigenvalue weighted by Crippen LogP contribution is 2.13. The van der Waals surface area contributed by atoms with Gasteiger partial charge in [-0.15, -0.1) is 0 Å². The quantitative estimate of drug-likeness (QED) is 0.783. The maximum atomic E-state index is 11.8. The van der Waals surface area contributed by atoms with Gasteiger partial charge in [-0.2, -0.15) is 0 Å². The van der Waals surface area contributed by atoms with Crippen molar-refractivity contribution in [2.45, 2.75) is 52.7 Å². The average molecular weight is 256 g/mol. The Morgan fingerprint density at radius 2 is 2.06 bits per heavy atom. The number of carbonyl (C=O) groups excluding carboxylic acids is 2. The molecule has 1 aliphatic rings. The van der Waals surface area contributed by atoms with E-state index in [1.165, 1.54) is 0 Å². The predicted molar refractivity (Wildman–Crippen MR) is 69.0 cm³/mol. The van der Waals surface area contributed by atoms with Gasteiger partial charge in [-0.25, -0.2) is 0 Å². The normalized spacial score (nSPS) is 21.4. The lowest BCUT2D eigenvalue weighted by Gasteiger charge is -2.22. The van der Waals surface area contributed by atoms with Gasteiger partial charge in [-0.05, 0) is 19.8 Å². The number of rotatable bonds is 4. The minimum atomic E-state index is -0.516. The Morgan fingerprint density at radius 1 is 1.39 bits per heavy atom. The van der Waals surface area contributed by atoms with Crippen LogP contribution in [0.1, 0.15) is 40.5 Å². The highest BCUT2D eigenvalue weighted by Gasteiger charge is 2.25. The summed E-state index contributed by atoms with van der Waals surface area (Å²) in [4.78, 5) is 23.5. The van der Waals surface area contributed by atoms with E-state index in [9.17, 15) is 9.59 Å². The maximum Gasteiger partial charge on any atom is 0.242 e. The molecule has 5 nitrogen and oxygen atoms in total. The molecular weight excluding hydrogens is 232 g/mol. The summed E-state index contributed by atoms with van der Waals surface area (Å²) in [7, 11) is 0. The second-order valence-electron chi connectivity index (χ2n) is 5.83. The van der Waals surface area contributed by atoms with Crippen LogP contribution in [0.3, 0.4) is 0 Å². The van der Waals surface area contributed by atoms with Crippen LogP contribution in [0.5, 0.6) is 0 Å². The molecule has 18 heavy (non-hydrogen) atoms. The summed E-state index contributed by atoms with van der Waals surface area (Å²) in [6.45, 7) is 8.44. The molecule has 5 heteroatoms. The third kappa shape index (κ3) is 4.64. The minimum Gasteiger partial charge on any atom is -0.376 e. The number of nitrogens with one attached hydrogen (secondary N) is 2. The molecule has 1 saturated heterocycles. The van der Waals surface area contributed by atoms with Gasteiger partial charge in [0, 0.05) is 18.6 Å². The summed E-state index contributed by atoms with van der Waals surface area (Å²) in [6, 6.07) is -0.516. The van der Waals surface area contributed by atoms with Crippen molar-refractivity contribution < 1.29 is 14.3 Å². The lowest BCUT2D eigenvalue weighted by molar-refractivity contribution is -0.133. The molecule has 1 aliphatic heterocycles. The molecule has 2 atom stereocenters. The molecule has 1 rings (SSSR count). The molecule has 1 fully saturated rings. The first-order valence-corrected chi connectivity index (χ1v) is 6.51. The van der Waals surface area contributed by atoms with Crippen molar-refractivity contribution in [2.75, 3.05) is 13.2 Å². The second-order valence-corrected chi connectivity index (χ2v) is 5.83. The van der Waals surface area contributed by atoms with E-state index in [1.807, 2.05) is 20.8 Å². The van der Waals surface area contributed by atoms with E-state index in [-0.39, 0.29) is 17.9 Å². The van der Waals surface area contributed by atoms with Gasteiger partial charge >= 0.3 is 0 Å². The van der Waals surface area contributed by atoms with Crippen LogP contribution in [0, 0.1) is 5.41 Å². The summed E-state index contributed by atoms with van der Waals surface area (Å²) in [5.41, 5.74) is -0.483. The van der Waals surface area contributed by atoms with Crippen molar-refractivity contribution in [1.29, 1.82) is 0 Å². The van der Waals surface area contributed by atoms with E-state index >= 15 is 0 Å². The van der Waals surface area contributed by atoms with Crippen molar-refractivity contribution in [3.8, 4) is 0 Å². The molecule has 0 bridgehead atoms. The van der Waals surface area contributed by atoms with Crippen LogP contribution < -0.4 is 10.6 Å². The molecule has 0 aromatic rings. The zero-order valence-corrected chi connectivity index (χ0v) is 11.7. The van der Waals surface area contributed by atoms with Crippen LogP contribution in [0.4, 0.5) is 0 Å². The molecule has 2 unspecified atom stereocenters. The Labute approximate surface area is 109 Å². The molecule has 104 valence electrons. The van der Waals surface area contributed by atoms with Crippen molar-refractivity contribution in [3.05, 3.63) is 0 Å². The summed E-state index contributed by atoms with van der Waals surface area (Å²) in [5.74, 6) is -0.287. The minimum absolute atomic E-state index is 0.123. The molecule has 0 aromatic carbocycles. The van der Waals surface area contributed by atoms with Crippen LogP contribution in [-0.2, 0) is 14.3 Å². The number of amides is 2. The first-order valence-electron chi connectivity index (χ1n) is 6.51. The van der Waals surface area contributed by atoms with E-state index in [0.717, 1.165) is 19.4 Å². The Morgan fingerprint density at radius 3 is 2.56 bits per heavy atom. The molecular formula is C13H24N2O3. The third-order valence-electron chi connectivity index (χ3n) is 2.95. The van der Waals surface area contributed by atoms with Crippen LogP contribution in [0.2, 0.25) is 0 Å². The maximum absolute atomic E-state index is 11.8. The van der Waals surface area contributed by atoms with Gasteiger partial charge in [0.15, 0.2) is 0 Å². The van der Waals surface area contributed by atoms with Crippen molar-refractivity contribution >= 4 is 11.8 Å². The van der Waals surface area contributed by atoms with Gasteiger partial charge in [0.05, 0.1) is 6.10 Å². The molecule has 0 radical (unpaired) electrons. The zero-order valence-electron chi connectivity index (χ0n) is 11.7. The fraction of sp³-hybridized carbons (Fsp3) is 0.846. The summed E-state index contributed by atoms with van der Waals surface area (Å²) in [6.07, 6.45) is 2.17. The molecule has 2 N–H and O–H groups in total. The Kier molecular flexibility index (Phi) is 5.14. The van der Waals surface area contributed by atoms with Crippen molar-refractivity contribution in [3.63, 3.8) is 0 Å². The molecule has 0 spiro atoms. The zero-order chi connectivity index (χ0) is 13.8. The number of carbonyl (C=O) groups is 2. The third-order valence-corrected chi connectivity index (χ3v) is 2.95. The van der Waals surface area contributed by atoms with Crippen LogP contribution >= 0.6 is 0 Å². The van der Waals surface area contributed by atoms with Crippen LogP contribution in [-0.4, -0.2) is 37.1 Å². The van der Waals surface area contributed by atoms with Gasteiger partial charge in [0.2, 0.25) is 11.8 Å². The topological polar surface area (TPSA) is 67.4 Å². The van der Waals surface area contributed by atoms with E-state index in [0.29, 0.717) is 6.54 Å². The van der Waals surface area contributed by atoms with E-state index < -0.39 is 11.5 Å². The van der Waals surface area contributed by atoms with E-state index in [2.05, 4.69) is 10.6 Å². The summed E-state index contributed by atoms with van der Waals surface area (Å²) >= 11 is 0. The summed E-state index contributed by atoms with van der Waals surface area (Å²) < 4.78 is 5.42. The van der Waals surface area contributed by atoms with E-state index in [4.69, 9.17) is 4.74 Å². The van der Waals surface area contributed by atoms with Crippen molar-refractivity contribution in [1.82, 2.24) is 10.6 Å². The standard InChI is InChI=1S/C13H24N2O3/c1-9(15-12(17)13(2,3)4)11(16)14-8-10-6-5-7-18-10/h9-10H,5-8H2,1-4H3,(H,14,16)(H,15,17). The fourth-order valence-electron chi connectivity index (χ4n) is 1.65. The first kappa shape index (κ1) is 15.0. The monoisotopic (exact) mass is 256 g/mol. The SMILES string of the molecule is CC(NC(=O)C(C)(C)C)C(=O)NCC1CCCO1. The van der Waals surface area contributed by atoms with Crippen LogP contribution in [0.15, 0.2) is 0 Å². The van der Waals surface area contributed by atoms with Gasteiger partial charge in [-0.1, -0.05) is 20.8 Å². The van der Waals surface area contributed by atoms with Crippen LogP contribution in [0.25, 0.3) is 0 Å². The second kappa shape index (κ2) is 6.18.